The molecule has 2 aliphatic rings. The van der Waals surface area contributed by atoms with E-state index in [-0.39, 0.29) is 5.75 Å². The molecule has 2 heterocycles. The molecule has 0 amide bonds. The molecule has 1 unspecified atom stereocenters. The summed E-state index contributed by atoms with van der Waals surface area (Å²) in [5.74, 6) is 0.221. The Bertz CT molecular complexity index is 463. The second-order valence-electron chi connectivity index (χ2n) is 5.99. The van der Waals surface area contributed by atoms with Crippen LogP contribution in [0.4, 0.5) is 8.78 Å². The largest absolute Gasteiger partial charge is 0.435 e. The summed E-state index contributed by atoms with van der Waals surface area (Å²) >= 11 is 0. The minimum atomic E-state index is -2.76. The van der Waals surface area contributed by atoms with Crippen LogP contribution in [0.15, 0.2) is 24.3 Å². The predicted octanol–water partition coefficient (Wildman–Crippen LogP) is 1.77. The molecule has 2 aliphatic heterocycles. The Morgan fingerprint density at radius 2 is 1.86 bits per heavy atom. The Balaban J connectivity index is 1.49. The molecule has 0 aliphatic carbocycles. The van der Waals surface area contributed by atoms with Crippen molar-refractivity contribution in [3.05, 3.63) is 29.8 Å². The molecule has 1 N–H and O–H groups in total. The zero-order chi connectivity index (χ0) is 15.4. The lowest BCUT2D eigenvalue weighted by atomic mass is 10.2. The average Bonchev–Trinajstić information content (AvgIpc) is 2.98. The Morgan fingerprint density at radius 3 is 2.55 bits per heavy atom. The van der Waals surface area contributed by atoms with Crippen LogP contribution in [0.5, 0.6) is 5.75 Å². The molecule has 1 aromatic carbocycles. The number of likely N-dealkylation sites (tertiary alicyclic amines) is 1. The van der Waals surface area contributed by atoms with Gasteiger partial charge in [0.2, 0.25) is 0 Å². The predicted molar refractivity (Wildman–Crippen MR) is 81.2 cm³/mol. The van der Waals surface area contributed by atoms with Crippen LogP contribution in [0.3, 0.4) is 0 Å². The fourth-order valence-corrected chi connectivity index (χ4v) is 3.34. The standard InChI is InChI=1S/C16H23F2N3O/c17-16(18)22-15-3-1-13(2-4-15)11-20-8-5-14(12-20)21-9-6-19-7-10-21/h1-4,14,16,19H,5-12H2. The van der Waals surface area contributed by atoms with E-state index in [1.54, 1.807) is 12.1 Å². The normalized spacial score (nSPS) is 24.0. The highest BCUT2D eigenvalue weighted by Gasteiger charge is 2.28. The first-order chi connectivity index (χ1) is 10.7. The lowest BCUT2D eigenvalue weighted by molar-refractivity contribution is -0.0498. The maximum Gasteiger partial charge on any atom is 0.387 e. The molecule has 6 heteroatoms. The van der Waals surface area contributed by atoms with E-state index in [0.29, 0.717) is 6.04 Å². The molecule has 0 bridgehead atoms. The summed E-state index contributed by atoms with van der Waals surface area (Å²) in [6.07, 6.45) is 1.21. The molecule has 0 radical (unpaired) electrons. The molecule has 2 fully saturated rings. The first kappa shape index (κ1) is 15.6. The number of nitrogens with zero attached hydrogens (tertiary/aromatic N) is 2. The zero-order valence-corrected chi connectivity index (χ0v) is 12.7. The van der Waals surface area contributed by atoms with Gasteiger partial charge in [-0.05, 0) is 24.1 Å². The van der Waals surface area contributed by atoms with E-state index in [1.807, 2.05) is 12.1 Å². The first-order valence-corrected chi connectivity index (χ1v) is 7.91. The summed E-state index contributed by atoms with van der Waals surface area (Å²) in [5, 5.41) is 3.39. The van der Waals surface area contributed by atoms with Crippen molar-refractivity contribution in [1.82, 2.24) is 15.1 Å². The topological polar surface area (TPSA) is 27.7 Å². The van der Waals surface area contributed by atoms with Crippen LogP contribution >= 0.6 is 0 Å². The van der Waals surface area contributed by atoms with Gasteiger partial charge in [0.15, 0.2) is 0 Å². The van der Waals surface area contributed by atoms with E-state index in [9.17, 15) is 8.78 Å². The summed E-state index contributed by atoms with van der Waals surface area (Å²) in [6, 6.07) is 7.63. The third kappa shape index (κ3) is 4.15. The van der Waals surface area contributed by atoms with Crippen LogP contribution in [-0.2, 0) is 6.54 Å². The van der Waals surface area contributed by atoms with Gasteiger partial charge in [-0.25, -0.2) is 0 Å². The van der Waals surface area contributed by atoms with Crippen LogP contribution in [0.25, 0.3) is 0 Å². The quantitative estimate of drug-likeness (QED) is 0.897. The Morgan fingerprint density at radius 1 is 1.14 bits per heavy atom. The number of piperazine rings is 1. The van der Waals surface area contributed by atoms with E-state index in [2.05, 4.69) is 19.9 Å². The van der Waals surface area contributed by atoms with Crippen molar-refractivity contribution in [2.75, 3.05) is 39.3 Å². The maximum absolute atomic E-state index is 12.1. The van der Waals surface area contributed by atoms with Crippen molar-refractivity contribution in [3.8, 4) is 5.75 Å². The van der Waals surface area contributed by atoms with Crippen LogP contribution in [0, 0.1) is 0 Å². The van der Waals surface area contributed by atoms with Gasteiger partial charge in [-0.3, -0.25) is 9.80 Å². The van der Waals surface area contributed by atoms with E-state index in [4.69, 9.17) is 0 Å². The van der Waals surface area contributed by atoms with Gasteiger partial charge in [0, 0.05) is 51.9 Å². The van der Waals surface area contributed by atoms with Gasteiger partial charge < -0.3 is 10.1 Å². The molecule has 3 rings (SSSR count). The number of benzene rings is 1. The Hall–Kier alpha value is -1.24. The highest BCUT2D eigenvalue weighted by molar-refractivity contribution is 5.27. The second kappa shape index (κ2) is 7.35. The molecule has 4 nitrogen and oxygen atoms in total. The van der Waals surface area contributed by atoms with Gasteiger partial charge in [0.25, 0.3) is 0 Å². The summed E-state index contributed by atoms with van der Waals surface area (Å²) in [7, 11) is 0. The SMILES string of the molecule is FC(F)Oc1ccc(CN2CCC(N3CCNCC3)C2)cc1. The van der Waals surface area contributed by atoms with Crippen molar-refractivity contribution in [1.29, 1.82) is 0 Å². The first-order valence-electron chi connectivity index (χ1n) is 7.91. The zero-order valence-electron chi connectivity index (χ0n) is 12.7. The van der Waals surface area contributed by atoms with Crippen LogP contribution in [0.1, 0.15) is 12.0 Å². The van der Waals surface area contributed by atoms with Crippen LogP contribution in [0.2, 0.25) is 0 Å². The fraction of sp³-hybridized carbons (Fsp3) is 0.625. The van der Waals surface area contributed by atoms with Crippen molar-refractivity contribution in [2.45, 2.75) is 25.6 Å². The summed E-state index contributed by atoms with van der Waals surface area (Å²) in [4.78, 5) is 5.02. The van der Waals surface area contributed by atoms with Gasteiger partial charge in [-0.2, -0.15) is 8.78 Å². The van der Waals surface area contributed by atoms with Crippen molar-refractivity contribution in [3.63, 3.8) is 0 Å². The molecule has 22 heavy (non-hydrogen) atoms. The van der Waals surface area contributed by atoms with Gasteiger partial charge >= 0.3 is 6.61 Å². The summed E-state index contributed by atoms with van der Waals surface area (Å²) < 4.78 is 28.6. The second-order valence-corrected chi connectivity index (χ2v) is 5.99. The fourth-order valence-electron chi connectivity index (χ4n) is 3.34. The van der Waals surface area contributed by atoms with Crippen molar-refractivity contribution < 1.29 is 13.5 Å². The number of hydrogen-bond acceptors (Lipinski definition) is 4. The Kier molecular flexibility index (Phi) is 5.23. The molecular weight excluding hydrogens is 288 g/mol. The van der Waals surface area contributed by atoms with Gasteiger partial charge in [-0.15, -0.1) is 0 Å². The van der Waals surface area contributed by atoms with Gasteiger partial charge in [0.1, 0.15) is 5.75 Å². The lowest BCUT2D eigenvalue weighted by Gasteiger charge is -2.32. The molecule has 0 saturated carbocycles. The maximum atomic E-state index is 12.1. The summed E-state index contributed by atoms with van der Waals surface area (Å²) in [5.41, 5.74) is 1.14. The molecule has 0 aromatic heterocycles. The third-order valence-corrected chi connectivity index (χ3v) is 4.47. The minimum Gasteiger partial charge on any atom is -0.435 e. The Labute approximate surface area is 130 Å². The van der Waals surface area contributed by atoms with E-state index in [1.165, 1.54) is 6.42 Å². The molecule has 0 spiro atoms. The monoisotopic (exact) mass is 311 g/mol. The smallest absolute Gasteiger partial charge is 0.387 e. The highest BCUT2D eigenvalue weighted by atomic mass is 19.3. The number of ether oxygens (including phenoxy) is 1. The number of hydrogen-bond donors (Lipinski definition) is 1. The minimum absolute atomic E-state index is 0.221. The highest BCUT2D eigenvalue weighted by Crippen LogP contribution is 2.20. The number of nitrogens with one attached hydrogen (secondary N) is 1. The molecular formula is C16H23F2N3O. The molecule has 1 aromatic rings. The van der Waals surface area contributed by atoms with E-state index >= 15 is 0 Å². The summed E-state index contributed by atoms with van der Waals surface area (Å²) in [6.45, 7) is 4.75. The average molecular weight is 311 g/mol. The lowest BCUT2D eigenvalue weighted by Crippen LogP contribution is -2.49. The van der Waals surface area contributed by atoms with Crippen molar-refractivity contribution >= 4 is 0 Å². The molecule has 1 atom stereocenters. The van der Waals surface area contributed by atoms with Crippen LogP contribution < -0.4 is 10.1 Å². The third-order valence-electron chi connectivity index (χ3n) is 4.47. The number of alkyl halides is 2. The van der Waals surface area contributed by atoms with E-state index in [0.717, 1.165) is 51.4 Å². The van der Waals surface area contributed by atoms with E-state index < -0.39 is 6.61 Å². The molecule has 2 saturated heterocycles. The number of halogens is 2. The van der Waals surface area contributed by atoms with Crippen LogP contribution in [-0.4, -0.2) is 61.7 Å². The molecule has 122 valence electrons. The van der Waals surface area contributed by atoms with Gasteiger partial charge in [0.05, 0.1) is 0 Å². The van der Waals surface area contributed by atoms with Gasteiger partial charge in [-0.1, -0.05) is 12.1 Å². The number of rotatable bonds is 5. The van der Waals surface area contributed by atoms with Crippen molar-refractivity contribution in [2.24, 2.45) is 0 Å².